The summed E-state index contributed by atoms with van der Waals surface area (Å²) in [5, 5.41) is 14.7. The Morgan fingerprint density at radius 1 is 0.906 bits per heavy atom. The molecule has 2 aromatic rings. The van der Waals surface area contributed by atoms with E-state index in [4.69, 9.17) is 14.2 Å². The van der Waals surface area contributed by atoms with Crippen molar-refractivity contribution in [3.63, 3.8) is 0 Å². The molecule has 2 aromatic carbocycles. The van der Waals surface area contributed by atoms with Crippen LogP contribution in [0.25, 0.3) is 0 Å². The predicted molar refractivity (Wildman–Crippen MR) is 115 cm³/mol. The van der Waals surface area contributed by atoms with E-state index >= 15 is 0 Å². The Bertz CT molecular complexity index is 1100. The SMILES string of the molecule is COC(=O)c1ccc(C(=O)OC)c(N/C=C(/C#N)C(=O)Nc2ccc(OC)c(OC)c2)c1. The summed E-state index contributed by atoms with van der Waals surface area (Å²) in [6.45, 7) is 0. The predicted octanol–water partition coefficient (Wildman–Crippen LogP) is 2.74. The molecule has 0 bridgehead atoms. The second kappa shape index (κ2) is 11.0. The lowest BCUT2D eigenvalue weighted by atomic mass is 10.1. The van der Waals surface area contributed by atoms with Crippen molar-refractivity contribution >= 4 is 29.2 Å². The van der Waals surface area contributed by atoms with E-state index in [1.165, 1.54) is 52.7 Å². The highest BCUT2D eigenvalue weighted by Gasteiger charge is 2.16. The summed E-state index contributed by atoms with van der Waals surface area (Å²) in [5.41, 5.74) is 0.473. The van der Waals surface area contributed by atoms with E-state index in [0.717, 1.165) is 6.20 Å². The maximum Gasteiger partial charge on any atom is 0.339 e. The lowest BCUT2D eigenvalue weighted by Gasteiger charge is -2.11. The topological polar surface area (TPSA) is 136 Å². The third-order valence-electron chi connectivity index (χ3n) is 4.22. The molecule has 2 N–H and O–H groups in total. The van der Waals surface area contributed by atoms with Crippen LogP contribution >= 0.6 is 0 Å². The van der Waals surface area contributed by atoms with Crippen molar-refractivity contribution in [2.24, 2.45) is 0 Å². The first-order chi connectivity index (χ1) is 15.4. The van der Waals surface area contributed by atoms with E-state index in [0.29, 0.717) is 17.2 Å². The van der Waals surface area contributed by atoms with E-state index in [1.807, 2.05) is 0 Å². The first-order valence-electron chi connectivity index (χ1n) is 9.09. The molecule has 0 fully saturated rings. The summed E-state index contributed by atoms with van der Waals surface area (Å²) in [6, 6.07) is 10.6. The maximum absolute atomic E-state index is 12.5. The van der Waals surface area contributed by atoms with Gasteiger partial charge in [-0.25, -0.2) is 9.59 Å². The van der Waals surface area contributed by atoms with Gasteiger partial charge in [-0.3, -0.25) is 4.79 Å². The number of benzene rings is 2. The summed E-state index contributed by atoms with van der Waals surface area (Å²) in [6.07, 6.45) is 1.11. The number of methoxy groups -OCH3 is 4. The lowest BCUT2D eigenvalue weighted by molar-refractivity contribution is -0.112. The minimum atomic E-state index is -0.712. The number of rotatable bonds is 8. The summed E-state index contributed by atoms with van der Waals surface area (Å²) in [7, 11) is 5.36. The van der Waals surface area contributed by atoms with Crippen LogP contribution in [0.2, 0.25) is 0 Å². The van der Waals surface area contributed by atoms with Gasteiger partial charge in [-0.2, -0.15) is 5.26 Å². The molecule has 0 radical (unpaired) electrons. The average molecular weight is 439 g/mol. The summed E-state index contributed by atoms with van der Waals surface area (Å²) < 4.78 is 19.7. The van der Waals surface area contributed by atoms with Gasteiger partial charge in [0.2, 0.25) is 0 Å². The number of nitrogens with one attached hydrogen (secondary N) is 2. The zero-order valence-electron chi connectivity index (χ0n) is 17.8. The van der Waals surface area contributed by atoms with E-state index in [2.05, 4.69) is 15.4 Å². The fourth-order valence-electron chi connectivity index (χ4n) is 2.61. The Morgan fingerprint density at radius 2 is 1.59 bits per heavy atom. The third-order valence-corrected chi connectivity index (χ3v) is 4.22. The van der Waals surface area contributed by atoms with E-state index in [-0.39, 0.29) is 22.4 Å². The van der Waals surface area contributed by atoms with E-state index < -0.39 is 17.8 Å². The molecule has 0 heterocycles. The lowest BCUT2D eigenvalue weighted by Crippen LogP contribution is -2.15. The molecule has 10 heteroatoms. The van der Waals surface area contributed by atoms with Gasteiger partial charge in [-0.05, 0) is 30.3 Å². The zero-order valence-corrected chi connectivity index (χ0v) is 17.8. The van der Waals surface area contributed by atoms with Crippen molar-refractivity contribution in [2.75, 3.05) is 39.1 Å². The molecule has 2 rings (SSSR count). The Balaban J connectivity index is 2.30. The fraction of sp³-hybridized carbons (Fsp3) is 0.182. The second-order valence-corrected chi connectivity index (χ2v) is 6.08. The zero-order chi connectivity index (χ0) is 23.7. The second-order valence-electron chi connectivity index (χ2n) is 6.08. The number of anilines is 2. The van der Waals surface area contributed by atoms with Gasteiger partial charge >= 0.3 is 11.9 Å². The molecule has 0 saturated carbocycles. The highest BCUT2D eigenvalue weighted by atomic mass is 16.5. The highest BCUT2D eigenvalue weighted by molar-refractivity contribution is 6.07. The molecule has 1 amide bonds. The van der Waals surface area contributed by atoms with Gasteiger partial charge in [-0.15, -0.1) is 0 Å². The van der Waals surface area contributed by atoms with Crippen LogP contribution in [0, 0.1) is 11.3 Å². The first-order valence-corrected chi connectivity index (χ1v) is 9.09. The Kier molecular flexibility index (Phi) is 8.19. The van der Waals surface area contributed by atoms with Crippen LogP contribution in [0.15, 0.2) is 48.2 Å². The number of amides is 1. The molecule has 0 aliphatic heterocycles. The van der Waals surface area contributed by atoms with Gasteiger partial charge in [0.25, 0.3) is 5.91 Å². The largest absolute Gasteiger partial charge is 0.493 e. The Labute approximate surface area is 184 Å². The molecular formula is C22H21N3O7. The molecule has 0 atom stereocenters. The van der Waals surface area contributed by atoms with Crippen molar-refractivity contribution in [3.8, 4) is 17.6 Å². The molecule has 0 saturated heterocycles. The average Bonchev–Trinajstić information content (AvgIpc) is 2.83. The molecule has 0 aliphatic rings. The molecule has 0 aromatic heterocycles. The molecule has 0 aliphatic carbocycles. The van der Waals surface area contributed by atoms with Crippen LogP contribution in [0.1, 0.15) is 20.7 Å². The third kappa shape index (κ3) is 5.54. The first kappa shape index (κ1) is 23.8. The number of esters is 2. The van der Waals surface area contributed by atoms with Crippen LogP contribution in [0.3, 0.4) is 0 Å². The minimum Gasteiger partial charge on any atom is -0.493 e. The molecule has 32 heavy (non-hydrogen) atoms. The van der Waals surface area contributed by atoms with Crippen molar-refractivity contribution in [3.05, 3.63) is 59.3 Å². The van der Waals surface area contributed by atoms with Crippen molar-refractivity contribution in [2.45, 2.75) is 0 Å². The highest BCUT2D eigenvalue weighted by Crippen LogP contribution is 2.30. The molecule has 166 valence electrons. The minimum absolute atomic E-state index is 0.0917. The van der Waals surface area contributed by atoms with Gasteiger partial charge in [0.15, 0.2) is 11.5 Å². The number of carbonyl (C=O) groups is 3. The van der Waals surface area contributed by atoms with Crippen molar-refractivity contribution in [1.29, 1.82) is 5.26 Å². The van der Waals surface area contributed by atoms with Gasteiger partial charge in [0.05, 0.1) is 45.3 Å². The van der Waals surface area contributed by atoms with Crippen LogP contribution < -0.4 is 20.1 Å². The fourth-order valence-corrected chi connectivity index (χ4v) is 2.61. The standard InChI is InChI=1S/C22H21N3O7/c1-29-18-8-6-15(10-19(18)30-2)25-20(26)14(11-23)12-24-17-9-13(21(27)31-3)5-7-16(17)22(28)32-4/h5-10,12,24H,1-4H3,(H,25,26)/b14-12-. The Hall–Kier alpha value is -4.52. The summed E-state index contributed by atoms with van der Waals surface area (Å²) in [5.74, 6) is -1.14. The molecule has 10 nitrogen and oxygen atoms in total. The Morgan fingerprint density at radius 3 is 2.19 bits per heavy atom. The van der Waals surface area contributed by atoms with E-state index in [1.54, 1.807) is 18.2 Å². The van der Waals surface area contributed by atoms with Crippen LogP contribution in [-0.2, 0) is 14.3 Å². The normalized spacial score (nSPS) is 10.4. The quantitative estimate of drug-likeness (QED) is 0.361. The van der Waals surface area contributed by atoms with Crippen LogP contribution in [-0.4, -0.2) is 46.3 Å². The number of carbonyl (C=O) groups excluding carboxylic acids is 3. The molecule has 0 unspecified atom stereocenters. The summed E-state index contributed by atoms with van der Waals surface area (Å²) in [4.78, 5) is 36.4. The monoisotopic (exact) mass is 439 g/mol. The molecule has 0 spiro atoms. The van der Waals surface area contributed by atoms with Gasteiger partial charge < -0.3 is 29.6 Å². The van der Waals surface area contributed by atoms with Crippen LogP contribution in [0.5, 0.6) is 11.5 Å². The number of nitrogens with zero attached hydrogens (tertiary/aromatic N) is 1. The smallest absolute Gasteiger partial charge is 0.339 e. The maximum atomic E-state index is 12.5. The summed E-state index contributed by atoms with van der Waals surface area (Å²) >= 11 is 0. The number of nitriles is 1. The number of hydrogen-bond donors (Lipinski definition) is 2. The van der Waals surface area contributed by atoms with Gasteiger partial charge in [0.1, 0.15) is 11.6 Å². The number of ether oxygens (including phenoxy) is 4. The van der Waals surface area contributed by atoms with Crippen molar-refractivity contribution < 1.29 is 33.3 Å². The van der Waals surface area contributed by atoms with Crippen molar-refractivity contribution in [1.82, 2.24) is 0 Å². The molecular weight excluding hydrogens is 418 g/mol. The van der Waals surface area contributed by atoms with Crippen LogP contribution in [0.4, 0.5) is 11.4 Å². The number of hydrogen-bond acceptors (Lipinski definition) is 9. The van der Waals surface area contributed by atoms with E-state index in [9.17, 15) is 19.6 Å². The van der Waals surface area contributed by atoms with Gasteiger partial charge in [0, 0.05) is 18.0 Å². The van der Waals surface area contributed by atoms with Gasteiger partial charge in [-0.1, -0.05) is 0 Å².